The average molecular weight is 455 g/mol. The maximum absolute atomic E-state index is 13.6. The Bertz CT molecular complexity index is 1230. The first-order valence-corrected chi connectivity index (χ1v) is 11.9. The van der Waals surface area contributed by atoms with Gasteiger partial charge in [-0.05, 0) is 61.9 Å². The Balaban J connectivity index is 1.80. The van der Waals surface area contributed by atoms with E-state index in [1.54, 1.807) is 0 Å². The summed E-state index contributed by atoms with van der Waals surface area (Å²) in [6.45, 7) is 6.81. The van der Waals surface area contributed by atoms with Crippen molar-refractivity contribution in [1.82, 2.24) is 9.80 Å². The molecule has 0 atom stereocenters. The van der Waals surface area contributed by atoms with Gasteiger partial charge in [-0.15, -0.1) is 0 Å². The van der Waals surface area contributed by atoms with Crippen molar-refractivity contribution in [2.75, 3.05) is 38.1 Å². The van der Waals surface area contributed by atoms with E-state index in [0.717, 1.165) is 29.1 Å². The molecule has 2 aliphatic heterocycles. The molecule has 168 valence electrons. The largest absolute Gasteiger partial charge is 0.364 e. The van der Waals surface area contributed by atoms with Crippen LogP contribution in [0.3, 0.4) is 0 Å². The van der Waals surface area contributed by atoms with Gasteiger partial charge < -0.3 is 9.80 Å². The summed E-state index contributed by atoms with van der Waals surface area (Å²) in [5.74, 6) is -0.827. The number of imide groups is 1. The van der Waals surface area contributed by atoms with E-state index in [4.69, 9.17) is 5.14 Å². The number of hydrogen-bond donors (Lipinski definition) is 1. The first-order chi connectivity index (χ1) is 15.1. The van der Waals surface area contributed by atoms with Crippen molar-refractivity contribution in [3.63, 3.8) is 0 Å². The van der Waals surface area contributed by atoms with Crippen LogP contribution in [0.5, 0.6) is 0 Å². The van der Waals surface area contributed by atoms with Gasteiger partial charge in [0.05, 0.1) is 16.2 Å². The normalized spacial score (nSPS) is 18.1. The molecule has 2 aliphatic rings. The van der Waals surface area contributed by atoms with E-state index in [1.165, 1.54) is 24.3 Å². The molecule has 32 heavy (non-hydrogen) atoms. The van der Waals surface area contributed by atoms with E-state index in [2.05, 4.69) is 4.90 Å². The van der Waals surface area contributed by atoms with Gasteiger partial charge in [0.2, 0.25) is 10.0 Å². The number of nitrogens with two attached hydrogens (primary N) is 1. The van der Waals surface area contributed by atoms with E-state index < -0.39 is 21.8 Å². The van der Waals surface area contributed by atoms with Gasteiger partial charge in [-0.1, -0.05) is 18.2 Å². The number of aryl methyl sites for hydroxylation is 2. The van der Waals surface area contributed by atoms with Gasteiger partial charge in [-0.25, -0.2) is 18.5 Å². The smallest absolute Gasteiger partial charge is 0.282 e. The van der Waals surface area contributed by atoms with E-state index >= 15 is 0 Å². The highest BCUT2D eigenvalue weighted by Crippen LogP contribution is 2.36. The zero-order chi connectivity index (χ0) is 23.2. The average Bonchev–Trinajstić information content (AvgIpc) is 3.00. The minimum absolute atomic E-state index is 0.0815. The minimum Gasteiger partial charge on any atom is -0.364 e. The molecule has 0 aromatic heterocycles. The van der Waals surface area contributed by atoms with Gasteiger partial charge in [0.25, 0.3) is 11.8 Å². The molecule has 2 aromatic carbocycles. The molecule has 0 spiro atoms. The summed E-state index contributed by atoms with van der Waals surface area (Å²) in [7, 11) is -1.85. The lowest BCUT2D eigenvalue weighted by molar-refractivity contribution is -0.120. The number of carbonyl (C=O) groups is 2. The molecule has 9 heteroatoms. The van der Waals surface area contributed by atoms with Gasteiger partial charge in [0.1, 0.15) is 5.70 Å². The molecule has 8 nitrogen and oxygen atoms in total. The quantitative estimate of drug-likeness (QED) is 0.702. The third kappa shape index (κ3) is 3.94. The highest BCUT2D eigenvalue weighted by Gasteiger charge is 2.43. The van der Waals surface area contributed by atoms with Crippen LogP contribution in [0, 0.1) is 13.8 Å². The van der Waals surface area contributed by atoms with Crippen LogP contribution in [0.2, 0.25) is 0 Å². The molecule has 0 radical (unpaired) electrons. The summed E-state index contributed by atoms with van der Waals surface area (Å²) in [6, 6.07) is 11.2. The molecule has 0 aliphatic carbocycles. The van der Waals surface area contributed by atoms with Gasteiger partial charge >= 0.3 is 0 Å². The Morgan fingerprint density at radius 3 is 2.03 bits per heavy atom. The maximum atomic E-state index is 13.6. The summed E-state index contributed by atoms with van der Waals surface area (Å²) >= 11 is 0. The molecule has 2 amide bonds. The molecule has 2 N–H and O–H groups in total. The molecular weight excluding hydrogens is 428 g/mol. The molecule has 0 saturated carbocycles. The fraction of sp³-hybridized carbons (Fsp3) is 0.304. The Hall–Kier alpha value is -3.01. The Kier molecular flexibility index (Phi) is 5.66. The fourth-order valence-corrected chi connectivity index (χ4v) is 4.53. The number of hydrogen-bond acceptors (Lipinski definition) is 6. The highest BCUT2D eigenvalue weighted by molar-refractivity contribution is 7.89. The van der Waals surface area contributed by atoms with Crippen molar-refractivity contribution in [2.45, 2.75) is 18.7 Å². The lowest BCUT2D eigenvalue weighted by Crippen LogP contribution is -2.46. The summed E-state index contributed by atoms with van der Waals surface area (Å²) in [5, 5.41) is 5.18. The number of nitrogens with zero attached hydrogens (tertiary/aromatic N) is 3. The molecule has 2 heterocycles. The van der Waals surface area contributed by atoms with Crippen LogP contribution in [-0.4, -0.2) is 63.3 Å². The minimum atomic E-state index is -3.88. The maximum Gasteiger partial charge on any atom is 0.282 e. The van der Waals surface area contributed by atoms with Gasteiger partial charge in [-0.2, -0.15) is 0 Å². The van der Waals surface area contributed by atoms with E-state index in [1.807, 2.05) is 44.0 Å². The highest BCUT2D eigenvalue weighted by atomic mass is 32.2. The lowest BCUT2D eigenvalue weighted by atomic mass is 9.99. The second kappa shape index (κ2) is 8.16. The number of carbonyl (C=O) groups excluding carboxylic acids is 2. The zero-order valence-electron chi connectivity index (χ0n) is 18.3. The van der Waals surface area contributed by atoms with Gasteiger partial charge in [0.15, 0.2) is 0 Å². The van der Waals surface area contributed by atoms with Crippen molar-refractivity contribution in [2.24, 2.45) is 5.14 Å². The van der Waals surface area contributed by atoms with Gasteiger partial charge in [-0.3, -0.25) is 9.59 Å². The number of amides is 2. The number of sulfonamides is 1. The molecule has 0 bridgehead atoms. The number of anilines is 1. The predicted molar refractivity (Wildman–Crippen MR) is 122 cm³/mol. The van der Waals surface area contributed by atoms with Crippen LogP contribution < -0.4 is 10.0 Å². The number of benzene rings is 2. The summed E-state index contributed by atoms with van der Waals surface area (Å²) in [6.07, 6.45) is 0. The van der Waals surface area contributed by atoms with Crippen molar-refractivity contribution < 1.29 is 18.0 Å². The molecule has 2 aromatic rings. The van der Waals surface area contributed by atoms with E-state index in [-0.39, 0.29) is 4.90 Å². The fourth-order valence-electron chi connectivity index (χ4n) is 4.02. The number of piperazine rings is 1. The first kappa shape index (κ1) is 22.2. The Morgan fingerprint density at radius 2 is 1.47 bits per heavy atom. The van der Waals surface area contributed by atoms with Crippen LogP contribution in [0.25, 0.3) is 5.57 Å². The molecule has 0 unspecified atom stereocenters. The van der Waals surface area contributed by atoms with Crippen LogP contribution in [0.4, 0.5) is 5.69 Å². The van der Waals surface area contributed by atoms with Gasteiger partial charge in [0, 0.05) is 26.2 Å². The van der Waals surface area contributed by atoms with Crippen LogP contribution in [0.1, 0.15) is 16.7 Å². The van der Waals surface area contributed by atoms with Crippen LogP contribution in [0.15, 0.2) is 53.1 Å². The first-order valence-electron chi connectivity index (χ1n) is 10.3. The van der Waals surface area contributed by atoms with Crippen molar-refractivity contribution in [3.05, 3.63) is 64.9 Å². The summed E-state index contributed by atoms with van der Waals surface area (Å²) in [5.41, 5.74) is 3.90. The molecular formula is C23H26N4O4S. The Labute approximate surface area is 188 Å². The van der Waals surface area contributed by atoms with E-state index in [9.17, 15) is 18.0 Å². The SMILES string of the molecule is Cc1ccc(C2=C(N3CCN(C)CC3)C(=O)N(c3ccc(S(N)(=O)=O)cc3)C2=O)cc1C. The van der Waals surface area contributed by atoms with Crippen LogP contribution >= 0.6 is 0 Å². The van der Waals surface area contributed by atoms with Crippen molar-refractivity contribution >= 4 is 33.1 Å². The summed E-state index contributed by atoms with van der Waals surface area (Å²) in [4.78, 5) is 32.3. The number of rotatable bonds is 4. The van der Waals surface area contributed by atoms with Crippen molar-refractivity contribution in [3.8, 4) is 0 Å². The zero-order valence-corrected chi connectivity index (χ0v) is 19.1. The second-order valence-corrected chi connectivity index (χ2v) is 9.86. The second-order valence-electron chi connectivity index (χ2n) is 8.30. The summed E-state index contributed by atoms with van der Waals surface area (Å²) < 4.78 is 23.2. The predicted octanol–water partition coefficient (Wildman–Crippen LogP) is 1.48. The molecule has 4 rings (SSSR count). The van der Waals surface area contributed by atoms with Crippen LogP contribution in [-0.2, 0) is 19.6 Å². The monoisotopic (exact) mass is 454 g/mol. The lowest BCUT2D eigenvalue weighted by Gasteiger charge is -2.34. The number of primary sulfonamides is 1. The third-order valence-electron chi connectivity index (χ3n) is 6.10. The number of likely N-dealkylation sites (N-methyl/N-ethyl adjacent to an activating group) is 1. The molecule has 1 saturated heterocycles. The molecule has 1 fully saturated rings. The standard InChI is InChI=1S/C23H26N4O4S/c1-15-4-5-17(14-16(15)2)20-21(26-12-10-25(3)11-13-26)23(29)27(22(20)28)18-6-8-19(9-7-18)32(24,30)31/h4-9,14H,10-13H2,1-3H3,(H2,24,30,31). The van der Waals surface area contributed by atoms with E-state index in [0.29, 0.717) is 35.6 Å². The van der Waals surface area contributed by atoms with Crippen molar-refractivity contribution in [1.29, 1.82) is 0 Å². The third-order valence-corrected chi connectivity index (χ3v) is 7.03. The Morgan fingerprint density at radius 1 is 0.844 bits per heavy atom. The topological polar surface area (TPSA) is 104 Å².